The molecule has 1 aliphatic rings. The molecule has 17 nitrogen and oxygen atoms in total. The lowest BCUT2D eigenvalue weighted by Crippen LogP contribution is -2.64. The van der Waals surface area contributed by atoms with E-state index in [0.717, 1.165) is 64.2 Å². The summed E-state index contributed by atoms with van der Waals surface area (Å²) in [6, 6.07) is 0. The van der Waals surface area contributed by atoms with Crippen LogP contribution in [0.2, 0.25) is 0 Å². The van der Waals surface area contributed by atoms with E-state index in [9.17, 15) is 58.9 Å². The molecular weight excluding hydrogens is 898 g/mol. The molecule has 0 radical (unpaired) electrons. The van der Waals surface area contributed by atoms with Crippen LogP contribution in [0, 0.1) is 0 Å². The number of phosphoric acid groups is 2. The molecule has 5 unspecified atom stereocenters. The monoisotopic (exact) mass is 981 g/mol. The predicted octanol–water partition coefficient (Wildman–Crippen LogP) is 8.03. The van der Waals surface area contributed by atoms with Crippen molar-refractivity contribution in [2.24, 2.45) is 0 Å². The summed E-state index contributed by atoms with van der Waals surface area (Å²) in [5.74, 6) is -1.32. The summed E-state index contributed by atoms with van der Waals surface area (Å²) < 4.78 is 49.3. The van der Waals surface area contributed by atoms with Gasteiger partial charge in [0, 0.05) is 12.8 Å². The standard InChI is InChI=1S/C47H82O17P2/c1-3-5-7-9-11-12-13-14-15-16-17-18-22-26-30-34-40(49)60-36-39(37-61-66(58,59)64-47-44(53)42(51)43(52)46(45(47)54)63-65(55,56)57)62-41(50)35-31-27-23-19-21-25-29-33-38(48)32-28-24-20-10-8-6-4-2/h12-13,19-20,23-25,28-29,32,38-39,42-48,51-54H,3-11,14-18,21-22,26-27,30-31,33-37H2,1-2H3,(H,58,59)(H2,55,56,57)/b13-12-,23-19+,24-20-,29-25-,32-28-/t38-,39+,42?,43?,44?,45?,46+,47-/m0/s1. The van der Waals surface area contributed by atoms with Crippen molar-refractivity contribution in [1.82, 2.24) is 0 Å². The number of hydrogen-bond acceptors (Lipinski definition) is 14. The first-order chi connectivity index (χ1) is 31.5. The van der Waals surface area contributed by atoms with Crippen LogP contribution in [0.25, 0.3) is 0 Å². The Bertz CT molecular complexity index is 1530. The van der Waals surface area contributed by atoms with E-state index in [1.807, 2.05) is 36.5 Å². The normalized spacial score (nSPS) is 22.5. The molecule has 0 amide bonds. The highest BCUT2D eigenvalue weighted by Crippen LogP contribution is 2.49. The molecular formula is C47H82O17P2. The first-order valence-corrected chi connectivity index (χ1v) is 27.0. The van der Waals surface area contributed by atoms with Crippen molar-refractivity contribution in [2.75, 3.05) is 13.2 Å². The van der Waals surface area contributed by atoms with Crippen LogP contribution in [0.3, 0.4) is 0 Å². The van der Waals surface area contributed by atoms with Crippen molar-refractivity contribution in [3.63, 3.8) is 0 Å². The summed E-state index contributed by atoms with van der Waals surface area (Å²) in [4.78, 5) is 54.3. The van der Waals surface area contributed by atoms with E-state index < -0.39 is 89.6 Å². The molecule has 0 saturated heterocycles. The van der Waals surface area contributed by atoms with Gasteiger partial charge in [-0.1, -0.05) is 139 Å². The average molecular weight is 981 g/mol. The number of allylic oxidation sites excluding steroid dienone is 8. The van der Waals surface area contributed by atoms with Crippen molar-refractivity contribution in [3.8, 4) is 0 Å². The molecule has 0 aliphatic heterocycles. The molecule has 0 spiro atoms. The lowest BCUT2D eigenvalue weighted by atomic mass is 9.85. The van der Waals surface area contributed by atoms with Crippen molar-refractivity contribution < 1.29 is 82.0 Å². The van der Waals surface area contributed by atoms with Gasteiger partial charge in [0.25, 0.3) is 0 Å². The van der Waals surface area contributed by atoms with Crippen molar-refractivity contribution in [2.45, 2.75) is 210 Å². The Balaban J connectivity index is 2.66. The number of carbonyl (C=O) groups excluding carboxylic acids is 2. The van der Waals surface area contributed by atoms with Crippen molar-refractivity contribution in [1.29, 1.82) is 0 Å². The number of phosphoric ester groups is 2. The lowest BCUT2D eigenvalue weighted by molar-refractivity contribution is -0.216. The Labute approximate surface area is 392 Å². The average Bonchev–Trinajstić information content (AvgIpc) is 3.27. The number of aliphatic hydroxyl groups excluding tert-OH is 5. The van der Waals surface area contributed by atoms with Gasteiger partial charge in [-0.05, 0) is 70.6 Å². The number of ether oxygens (including phenoxy) is 2. The van der Waals surface area contributed by atoms with Gasteiger partial charge in [-0.2, -0.15) is 0 Å². The SMILES string of the molecule is CCCCC/C=C\C=C/[C@H](O)C/C=C\C/C=C/CCCC(=O)O[C@H](COC(=O)CCCCCCCCC/C=C\CCCCCC)COP(=O)(O)O[C@H]1C(O)C(O)C(O)[C@@H](OP(=O)(O)O)C1O. The van der Waals surface area contributed by atoms with Crippen LogP contribution in [0.1, 0.15) is 162 Å². The van der Waals surface area contributed by atoms with Gasteiger partial charge in [0.1, 0.15) is 43.2 Å². The smallest absolute Gasteiger partial charge is 0.462 e. The molecule has 1 fully saturated rings. The molecule has 0 aromatic heterocycles. The molecule has 382 valence electrons. The van der Waals surface area contributed by atoms with E-state index in [1.54, 1.807) is 6.08 Å². The highest BCUT2D eigenvalue weighted by atomic mass is 31.2. The van der Waals surface area contributed by atoms with Gasteiger partial charge in [-0.25, -0.2) is 9.13 Å². The summed E-state index contributed by atoms with van der Waals surface area (Å²) in [6.07, 6.45) is 24.9. The van der Waals surface area contributed by atoms with Crippen molar-refractivity contribution >= 4 is 27.6 Å². The van der Waals surface area contributed by atoms with Crippen LogP contribution in [0.4, 0.5) is 0 Å². The van der Waals surface area contributed by atoms with E-state index in [1.165, 1.54) is 38.5 Å². The Morgan fingerprint density at radius 1 is 0.561 bits per heavy atom. The fourth-order valence-electron chi connectivity index (χ4n) is 6.86. The zero-order valence-electron chi connectivity index (χ0n) is 39.2. The fourth-order valence-corrected chi connectivity index (χ4v) is 8.40. The second kappa shape index (κ2) is 37.5. The third-order valence-corrected chi connectivity index (χ3v) is 12.1. The first kappa shape index (κ1) is 61.7. The Kier molecular flexibility index (Phi) is 35.1. The van der Waals surface area contributed by atoms with Crippen molar-refractivity contribution in [3.05, 3.63) is 60.8 Å². The summed E-state index contributed by atoms with van der Waals surface area (Å²) in [7, 11) is -10.7. The number of aliphatic hydroxyl groups is 5. The van der Waals surface area contributed by atoms with Gasteiger partial charge in [-0.15, -0.1) is 0 Å². The van der Waals surface area contributed by atoms with E-state index in [2.05, 4.69) is 36.6 Å². The zero-order valence-corrected chi connectivity index (χ0v) is 41.0. The zero-order chi connectivity index (χ0) is 49.1. The van der Waals surface area contributed by atoms with Gasteiger partial charge in [0.15, 0.2) is 6.10 Å². The van der Waals surface area contributed by atoms with Crippen LogP contribution < -0.4 is 0 Å². The lowest BCUT2D eigenvalue weighted by Gasteiger charge is -2.43. The van der Waals surface area contributed by atoms with E-state index in [0.29, 0.717) is 32.1 Å². The molecule has 0 bridgehead atoms. The minimum absolute atomic E-state index is 0.0685. The van der Waals surface area contributed by atoms with E-state index >= 15 is 0 Å². The maximum absolute atomic E-state index is 13.0. The highest BCUT2D eigenvalue weighted by Gasteiger charge is 2.54. The summed E-state index contributed by atoms with van der Waals surface area (Å²) in [5.41, 5.74) is 0. The number of esters is 2. The van der Waals surface area contributed by atoms with Crippen LogP contribution in [-0.2, 0) is 41.8 Å². The van der Waals surface area contributed by atoms with Crippen LogP contribution >= 0.6 is 15.6 Å². The summed E-state index contributed by atoms with van der Waals surface area (Å²) in [5, 5.41) is 51.3. The Morgan fingerprint density at radius 3 is 1.73 bits per heavy atom. The molecule has 19 heteroatoms. The third kappa shape index (κ3) is 31.7. The topological polar surface area (TPSA) is 276 Å². The number of hydrogen-bond donors (Lipinski definition) is 8. The molecule has 8 N–H and O–H groups in total. The number of carbonyl (C=O) groups is 2. The summed E-state index contributed by atoms with van der Waals surface area (Å²) in [6.45, 7) is 2.94. The first-order valence-electron chi connectivity index (χ1n) is 23.9. The minimum Gasteiger partial charge on any atom is -0.462 e. The third-order valence-electron chi connectivity index (χ3n) is 10.6. The second-order valence-corrected chi connectivity index (χ2v) is 19.3. The molecule has 1 aliphatic carbocycles. The molecule has 1 rings (SSSR count). The second-order valence-electron chi connectivity index (χ2n) is 16.7. The highest BCUT2D eigenvalue weighted by molar-refractivity contribution is 7.47. The molecule has 1 saturated carbocycles. The molecule has 0 aromatic rings. The van der Waals surface area contributed by atoms with Crippen LogP contribution in [-0.4, -0.2) is 114 Å². The maximum atomic E-state index is 13.0. The van der Waals surface area contributed by atoms with Gasteiger partial charge >= 0.3 is 27.6 Å². The number of rotatable bonds is 39. The summed E-state index contributed by atoms with van der Waals surface area (Å²) >= 11 is 0. The van der Waals surface area contributed by atoms with Gasteiger partial charge < -0.3 is 49.7 Å². The predicted molar refractivity (Wildman–Crippen MR) is 252 cm³/mol. The maximum Gasteiger partial charge on any atom is 0.472 e. The van der Waals surface area contributed by atoms with Gasteiger partial charge in [0.05, 0.1) is 12.7 Å². The molecule has 0 heterocycles. The fraction of sp³-hybridized carbons (Fsp3) is 0.745. The van der Waals surface area contributed by atoms with E-state index in [4.69, 9.17) is 18.5 Å². The Morgan fingerprint density at radius 2 is 1.08 bits per heavy atom. The van der Waals surface area contributed by atoms with Gasteiger partial charge in [0.2, 0.25) is 0 Å². The molecule has 66 heavy (non-hydrogen) atoms. The Hall–Kier alpha value is -2.34. The van der Waals surface area contributed by atoms with E-state index in [-0.39, 0.29) is 12.8 Å². The van der Waals surface area contributed by atoms with Gasteiger partial charge in [-0.3, -0.25) is 23.2 Å². The number of unbranched alkanes of at least 4 members (excludes halogenated alkanes) is 15. The molecule has 0 aromatic carbocycles. The molecule has 9 atom stereocenters. The quantitative estimate of drug-likeness (QED) is 0.00951. The largest absolute Gasteiger partial charge is 0.472 e. The minimum atomic E-state index is -5.38. The van der Waals surface area contributed by atoms with Crippen LogP contribution in [0.15, 0.2) is 60.8 Å². The van der Waals surface area contributed by atoms with Crippen LogP contribution in [0.5, 0.6) is 0 Å².